The van der Waals surface area contributed by atoms with E-state index in [2.05, 4.69) is 26.0 Å². The number of ether oxygens (including phenoxy) is 1. The number of rotatable bonds is 2. The molecule has 0 saturated carbocycles. The van der Waals surface area contributed by atoms with Crippen LogP contribution in [0, 0.1) is 11.8 Å². The van der Waals surface area contributed by atoms with E-state index in [4.69, 9.17) is 4.74 Å². The molecule has 2 atom stereocenters. The lowest BCUT2D eigenvalue weighted by molar-refractivity contribution is 0.297. The molecule has 2 rings (SSSR count). The van der Waals surface area contributed by atoms with Gasteiger partial charge in [-0.15, -0.1) is 0 Å². The van der Waals surface area contributed by atoms with Crippen molar-refractivity contribution in [1.29, 1.82) is 0 Å². The maximum atomic E-state index is 9.87. The maximum absolute atomic E-state index is 9.87. The molecule has 2 nitrogen and oxygen atoms in total. The third kappa shape index (κ3) is 3.27. The first kappa shape index (κ1) is 12.5. The third-order valence-electron chi connectivity index (χ3n) is 2.83. The molecule has 0 amide bonds. The summed E-state index contributed by atoms with van der Waals surface area (Å²) in [5, 5.41) is 9.87. The smallest absolute Gasteiger partial charge is 0.168 e. The fourth-order valence-electron chi connectivity index (χ4n) is 1.69. The van der Waals surface area contributed by atoms with E-state index in [1.807, 2.05) is 36.5 Å². The van der Waals surface area contributed by atoms with Crippen molar-refractivity contribution in [2.75, 3.05) is 0 Å². The second kappa shape index (κ2) is 5.58. The van der Waals surface area contributed by atoms with Crippen LogP contribution in [-0.2, 0) is 4.74 Å². The summed E-state index contributed by atoms with van der Waals surface area (Å²) in [5.41, 5.74) is 0. The standard InChI is InChI=1S/C16H18O2/c1-12-4-3-5-14(9-6-12)18-16-11-8-13(2)7-10-15(16)17/h3-13,17H,1-2H3. The van der Waals surface area contributed by atoms with Gasteiger partial charge >= 0.3 is 0 Å². The van der Waals surface area contributed by atoms with Gasteiger partial charge in [-0.25, -0.2) is 0 Å². The average Bonchev–Trinajstić information content (AvgIpc) is 2.64. The number of hydrogen-bond acceptors (Lipinski definition) is 2. The molecule has 2 heteroatoms. The van der Waals surface area contributed by atoms with E-state index in [9.17, 15) is 5.11 Å². The second-order valence-corrected chi connectivity index (χ2v) is 4.60. The Morgan fingerprint density at radius 2 is 1.61 bits per heavy atom. The zero-order chi connectivity index (χ0) is 13.0. The van der Waals surface area contributed by atoms with E-state index < -0.39 is 0 Å². The zero-order valence-electron chi connectivity index (χ0n) is 10.7. The van der Waals surface area contributed by atoms with Gasteiger partial charge < -0.3 is 9.84 Å². The largest absolute Gasteiger partial charge is 0.504 e. The molecule has 1 N–H and O–H groups in total. The van der Waals surface area contributed by atoms with Crippen molar-refractivity contribution in [1.82, 2.24) is 0 Å². The Labute approximate surface area is 108 Å². The highest BCUT2D eigenvalue weighted by molar-refractivity contribution is 5.32. The summed E-state index contributed by atoms with van der Waals surface area (Å²) in [5.74, 6) is 2.06. The molecule has 0 aromatic carbocycles. The third-order valence-corrected chi connectivity index (χ3v) is 2.83. The highest BCUT2D eigenvalue weighted by atomic mass is 16.5. The van der Waals surface area contributed by atoms with Crippen molar-refractivity contribution >= 4 is 0 Å². The van der Waals surface area contributed by atoms with Gasteiger partial charge in [0, 0.05) is 0 Å². The van der Waals surface area contributed by atoms with Crippen molar-refractivity contribution in [3.63, 3.8) is 0 Å². The molecule has 94 valence electrons. The number of allylic oxidation sites excluding steroid dienone is 9. The molecular formula is C16H18O2. The molecule has 0 aromatic heterocycles. The van der Waals surface area contributed by atoms with Crippen LogP contribution in [0.15, 0.2) is 72.0 Å². The van der Waals surface area contributed by atoms with Gasteiger partial charge in [-0.1, -0.05) is 44.2 Å². The minimum absolute atomic E-state index is 0.158. The Morgan fingerprint density at radius 3 is 2.44 bits per heavy atom. The van der Waals surface area contributed by atoms with E-state index in [0.29, 0.717) is 17.6 Å². The quantitative estimate of drug-likeness (QED) is 0.787. The van der Waals surface area contributed by atoms with Crippen LogP contribution >= 0.6 is 0 Å². The van der Waals surface area contributed by atoms with Crippen LogP contribution in [0.3, 0.4) is 0 Å². The van der Waals surface area contributed by atoms with Gasteiger partial charge in [-0.05, 0) is 36.1 Å². The molecule has 0 heterocycles. The van der Waals surface area contributed by atoms with Crippen molar-refractivity contribution in [3.05, 3.63) is 72.0 Å². The lowest BCUT2D eigenvalue weighted by Gasteiger charge is -2.07. The van der Waals surface area contributed by atoms with Crippen molar-refractivity contribution in [3.8, 4) is 0 Å². The van der Waals surface area contributed by atoms with Crippen LogP contribution in [-0.4, -0.2) is 5.11 Å². The van der Waals surface area contributed by atoms with Gasteiger partial charge in [0.05, 0.1) is 0 Å². The van der Waals surface area contributed by atoms with Crippen LogP contribution in [0.25, 0.3) is 0 Å². The number of aliphatic hydroxyl groups is 1. The van der Waals surface area contributed by atoms with E-state index in [1.54, 1.807) is 6.08 Å². The monoisotopic (exact) mass is 242 g/mol. The lowest BCUT2D eigenvalue weighted by atomic mass is 10.2. The summed E-state index contributed by atoms with van der Waals surface area (Å²) in [6, 6.07) is 0. The molecule has 0 fully saturated rings. The summed E-state index contributed by atoms with van der Waals surface area (Å²) < 4.78 is 5.72. The molecular weight excluding hydrogens is 224 g/mol. The van der Waals surface area contributed by atoms with Gasteiger partial charge in [-0.3, -0.25) is 0 Å². The highest BCUT2D eigenvalue weighted by Crippen LogP contribution is 2.20. The van der Waals surface area contributed by atoms with Crippen molar-refractivity contribution in [2.24, 2.45) is 11.8 Å². The topological polar surface area (TPSA) is 29.5 Å². The number of hydrogen-bond donors (Lipinski definition) is 1. The summed E-state index contributed by atoms with van der Waals surface area (Å²) in [7, 11) is 0. The first-order chi connectivity index (χ1) is 8.65. The summed E-state index contributed by atoms with van der Waals surface area (Å²) in [4.78, 5) is 0. The number of aliphatic hydroxyl groups excluding tert-OH is 1. The van der Waals surface area contributed by atoms with Crippen LogP contribution in [0.1, 0.15) is 13.8 Å². The van der Waals surface area contributed by atoms with Crippen LogP contribution in [0.5, 0.6) is 0 Å². The van der Waals surface area contributed by atoms with E-state index in [-0.39, 0.29) is 5.76 Å². The molecule has 0 radical (unpaired) electrons. The Kier molecular flexibility index (Phi) is 3.88. The average molecular weight is 242 g/mol. The summed E-state index contributed by atoms with van der Waals surface area (Å²) >= 11 is 0. The molecule has 0 aromatic rings. The SMILES string of the molecule is CC1C=CC=C(OC2=C(O)C=CC(C)C=C2)C=C1. The maximum Gasteiger partial charge on any atom is 0.168 e. The molecule has 0 bridgehead atoms. The van der Waals surface area contributed by atoms with Crippen molar-refractivity contribution < 1.29 is 9.84 Å². The molecule has 18 heavy (non-hydrogen) atoms. The van der Waals surface area contributed by atoms with Gasteiger partial charge in [0.1, 0.15) is 5.76 Å². The van der Waals surface area contributed by atoms with Crippen LogP contribution in [0.2, 0.25) is 0 Å². The van der Waals surface area contributed by atoms with E-state index in [1.165, 1.54) is 0 Å². The van der Waals surface area contributed by atoms with Crippen molar-refractivity contribution in [2.45, 2.75) is 13.8 Å². The molecule has 0 aliphatic heterocycles. The zero-order valence-corrected chi connectivity index (χ0v) is 10.7. The molecule has 2 aliphatic rings. The Bertz CT molecular complexity index is 487. The molecule has 2 unspecified atom stereocenters. The molecule has 2 aliphatic carbocycles. The fraction of sp³-hybridized carbons (Fsp3) is 0.250. The Hall–Kier alpha value is -1.96. The summed E-state index contributed by atoms with van der Waals surface area (Å²) in [6.45, 7) is 4.16. The Morgan fingerprint density at radius 1 is 0.944 bits per heavy atom. The second-order valence-electron chi connectivity index (χ2n) is 4.60. The van der Waals surface area contributed by atoms with Gasteiger partial charge in [0.2, 0.25) is 0 Å². The first-order valence-corrected chi connectivity index (χ1v) is 6.19. The first-order valence-electron chi connectivity index (χ1n) is 6.19. The molecule has 0 spiro atoms. The van der Waals surface area contributed by atoms with E-state index in [0.717, 1.165) is 5.76 Å². The van der Waals surface area contributed by atoms with E-state index >= 15 is 0 Å². The predicted molar refractivity (Wildman–Crippen MR) is 73.7 cm³/mol. The normalized spacial score (nSPS) is 26.9. The predicted octanol–water partition coefficient (Wildman–Crippen LogP) is 4.18. The van der Waals surface area contributed by atoms with Crippen LogP contribution < -0.4 is 0 Å². The van der Waals surface area contributed by atoms with Gasteiger partial charge in [0.25, 0.3) is 0 Å². The lowest BCUT2D eigenvalue weighted by Crippen LogP contribution is -1.92. The minimum Gasteiger partial charge on any atom is -0.504 e. The fourth-order valence-corrected chi connectivity index (χ4v) is 1.69. The molecule has 0 saturated heterocycles. The minimum atomic E-state index is 0.158. The van der Waals surface area contributed by atoms with Gasteiger partial charge in [0.15, 0.2) is 11.5 Å². The Balaban J connectivity index is 2.17. The van der Waals surface area contributed by atoms with Crippen LogP contribution in [0.4, 0.5) is 0 Å². The highest BCUT2D eigenvalue weighted by Gasteiger charge is 2.08. The summed E-state index contributed by atoms with van der Waals surface area (Å²) in [6.07, 6.45) is 17.4. The van der Waals surface area contributed by atoms with Gasteiger partial charge in [-0.2, -0.15) is 0 Å².